The van der Waals surface area contributed by atoms with Crippen LogP contribution in [0.25, 0.3) is 0 Å². The van der Waals surface area contributed by atoms with Gasteiger partial charge in [-0.05, 0) is 60.8 Å². The molecule has 0 heterocycles. The Balaban J connectivity index is 1.91. The van der Waals surface area contributed by atoms with Crippen molar-refractivity contribution < 1.29 is 0 Å². The lowest BCUT2D eigenvalue weighted by atomic mass is 9.70. The van der Waals surface area contributed by atoms with Gasteiger partial charge in [0.1, 0.15) is 0 Å². The molecule has 2 rings (SSSR count). The Labute approximate surface area is 128 Å². The van der Waals surface area contributed by atoms with Crippen LogP contribution in [-0.4, -0.2) is 18.6 Å². The highest BCUT2D eigenvalue weighted by Crippen LogP contribution is 2.43. The summed E-state index contributed by atoms with van der Waals surface area (Å²) in [7, 11) is 0. The number of fused-ring (bicyclic) bond motifs is 1. The van der Waals surface area contributed by atoms with Crippen LogP contribution in [0.5, 0.6) is 0 Å². The number of hydrogen-bond donors (Lipinski definition) is 1. The average molecular weight is 292 g/mol. The molecule has 0 spiro atoms. The van der Waals surface area contributed by atoms with Gasteiger partial charge in [0.15, 0.2) is 0 Å². The summed E-state index contributed by atoms with van der Waals surface area (Å²) in [6, 6.07) is 9.51. The van der Waals surface area contributed by atoms with Crippen LogP contribution in [0.3, 0.4) is 0 Å². The minimum Gasteiger partial charge on any atom is -0.309 e. The summed E-state index contributed by atoms with van der Waals surface area (Å²) in [6.45, 7) is 5.97. The molecule has 1 atom stereocenters. The van der Waals surface area contributed by atoms with Gasteiger partial charge in [-0.25, -0.2) is 0 Å². The Morgan fingerprint density at radius 1 is 1.20 bits per heavy atom. The van der Waals surface area contributed by atoms with Crippen molar-refractivity contribution in [3.63, 3.8) is 0 Å². The first-order valence-corrected chi connectivity index (χ1v) is 9.34. The Hall–Kier alpha value is -0.470. The molecule has 1 aliphatic carbocycles. The second-order valence-corrected chi connectivity index (χ2v) is 7.61. The molecule has 1 aliphatic rings. The Kier molecular flexibility index (Phi) is 5.98. The van der Waals surface area contributed by atoms with Crippen molar-refractivity contribution in [1.82, 2.24) is 5.32 Å². The van der Waals surface area contributed by atoms with Crippen molar-refractivity contribution in [2.45, 2.75) is 52.0 Å². The normalized spacial score (nSPS) is 20.6. The summed E-state index contributed by atoms with van der Waals surface area (Å²) >= 11 is 1.96. The molecule has 0 amide bonds. The monoisotopic (exact) mass is 291 g/mol. The first-order valence-electron chi connectivity index (χ1n) is 7.95. The van der Waals surface area contributed by atoms with Gasteiger partial charge in [0, 0.05) is 6.04 Å². The van der Waals surface area contributed by atoms with Crippen LogP contribution in [0, 0.1) is 5.41 Å². The summed E-state index contributed by atoms with van der Waals surface area (Å²) in [6.07, 6.45) is 8.72. The van der Waals surface area contributed by atoms with E-state index in [9.17, 15) is 0 Å². The topological polar surface area (TPSA) is 12.0 Å². The lowest BCUT2D eigenvalue weighted by Gasteiger charge is -2.40. The number of benzene rings is 1. The van der Waals surface area contributed by atoms with Gasteiger partial charge in [-0.1, -0.05) is 44.5 Å². The van der Waals surface area contributed by atoms with E-state index in [1.165, 1.54) is 43.4 Å². The molecule has 112 valence electrons. The second kappa shape index (κ2) is 7.51. The van der Waals surface area contributed by atoms with E-state index >= 15 is 0 Å². The average Bonchev–Trinajstić information content (AvgIpc) is 2.44. The summed E-state index contributed by atoms with van der Waals surface area (Å²) in [4.78, 5) is 0. The minimum absolute atomic E-state index is 0.369. The quantitative estimate of drug-likeness (QED) is 0.723. The fraction of sp³-hybridized carbons (Fsp3) is 0.667. The van der Waals surface area contributed by atoms with Crippen LogP contribution >= 0.6 is 11.8 Å². The van der Waals surface area contributed by atoms with E-state index in [4.69, 9.17) is 0 Å². The molecule has 0 fully saturated rings. The van der Waals surface area contributed by atoms with Gasteiger partial charge in [-0.3, -0.25) is 0 Å². The van der Waals surface area contributed by atoms with Crippen molar-refractivity contribution in [2.24, 2.45) is 5.41 Å². The number of aryl methyl sites for hydroxylation is 1. The highest BCUT2D eigenvalue weighted by molar-refractivity contribution is 7.98. The van der Waals surface area contributed by atoms with Gasteiger partial charge in [0.05, 0.1) is 0 Å². The van der Waals surface area contributed by atoms with Crippen LogP contribution in [0.4, 0.5) is 0 Å². The van der Waals surface area contributed by atoms with Crippen molar-refractivity contribution in [3.8, 4) is 0 Å². The third kappa shape index (κ3) is 4.02. The summed E-state index contributed by atoms with van der Waals surface area (Å²) < 4.78 is 0. The van der Waals surface area contributed by atoms with E-state index in [0.717, 1.165) is 6.54 Å². The Morgan fingerprint density at radius 2 is 2.00 bits per heavy atom. The van der Waals surface area contributed by atoms with Crippen LogP contribution in [-0.2, 0) is 6.42 Å². The van der Waals surface area contributed by atoms with Crippen LogP contribution < -0.4 is 5.32 Å². The fourth-order valence-corrected chi connectivity index (χ4v) is 3.74. The molecule has 0 bridgehead atoms. The smallest absolute Gasteiger partial charge is 0.0374 e. The van der Waals surface area contributed by atoms with Gasteiger partial charge < -0.3 is 5.32 Å². The van der Waals surface area contributed by atoms with Gasteiger partial charge in [0.25, 0.3) is 0 Å². The minimum atomic E-state index is 0.369. The maximum atomic E-state index is 3.84. The van der Waals surface area contributed by atoms with Crippen LogP contribution in [0.2, 0.25) is 0 Å². The number of hydrogen-bond acceptors (Lipinski definition) is 2. The number of thioether (sulfide) groups is 1. The van der Waals surface area contributed by atoms with E-state index < -0.39 is 0 Å². The molecule has 1 unspecified atom stereocenters. The first kappa shape index (κ1) is 15.9. The third-order valence-electron chi connectivity index (χ3n) is 4.56. The van der Waals surface area contributed by atoms with Gasteiger partial charge >= 0.3 is 0 Å². The highest BCUT2D eigenvalue weighted by Gasteiger charge is 2.34. The predicted molar refractivity (Wildman–Crippen MR) is 91.5 cm³/mol. The van der Waals surface area contributed by atoms with E-state index in [0.29, 0.717) is 11.5 Å². The number of nitrogens with one attached hydrogen (secondary N) is 1. The maximum absolute atomic E-state index is 3.84. The predicted octanol–water partition coefficient (Wildman–Crippen LogP) is 4.82. The first-order chi connectivity index (χ1) is 9.65. The zero-order valence-corrected chi connectivity index (χ0v) is 14.1. The largest absolute Gasteiger partial charge is 0.309 e. The van der Waals surface area contributed by atoms with Gasteiger partial charge in [0.2, 0.25) is 0 Å². The standard InChI is InChI=1S/C18H29NS/c1-18(2)12-11-15-9-5-6-10-16(15)17(18)19-13-7-4-8-14-20-3/h5-6,9-10,17,19H,4,7-8,11-14H2,1-3H3. The summed E-state index contributed by atoms with van der Waals surface area (Å²) in [5.41, 5.74) is 3.45. The van der Waals surface area contributed by atoms with E-state index in [1.807, 2.05) is 11.8 Å². The fourth-order valence-electron chi connectivity index (χ4n) is 3.25. The maximum Gasteiger partial charge on any atom is 0.0374 e. The number of unbranched alkanes of at least 4 members (excludes halogenated alkanes) is 2. The van der Waals surface area contributed by atoms with E-state index in [-0.39, 0.29) is 0 Å². The molecule has 2 heteroatoms. The molecular formula is C18H29NS. The molecule has 0 aliphatic heterocycles. The molecule has 0 radical (unpaired) electrons. The van der Waals surface area contributed by atoms with Gasteiger partial charge in [-0.15, -0.1) is 0 Å². The Bertz CT molecular complexity index is 414. The summed E-state index contributed by atoms with van der Waals surface area (Å²) in [5, 5.41) is 3.84. The van der Waals surface area contributed by atoms with Crippen molar-refractivity contribution in [2.75, 3.05) is 18.6 Å². The highest BCUT2D eigenvalue weighted by atomic mass is 32.2. The molecule has 20 heavy (non-hydrogen) atoms. The molecular weight excluding hydrogens is 262 g/mol. The zero-order chi connectivity index (χ0) is 14.4. The van der Waals surface area contributed by atoms with Crippen molar-refractivity contribution in [3.05, 3.63) is 35.4 Å². The second-order valence-electron chi connectivity index (χ2n) is 6.63. The molecule has 1 nitrogen and oxygen atoms in total. The molecule has 1 N–H and O–H groups in total. The molecule has 0 saturated heterocycles. The third-order valence-corrected chi connectivity index (χ3v) is 5.26. The van der Waals surface area contributed by atoms with Crippen molar-refractivity contribution in [1.29, 1.82) is 0 Å². The SMILES string of the molecule is CSCCCCCNC1c2ccccc2CCC1(C)C. The summed E-state index contributed by atoms with van der Waals surface area (Å²) in [5.74, 6) is 1.30. The zero-order valence-electron chi connectivity index (χ0n) is 13.2. The lowest BCUT2D eigenvalue weighted by Crippen LogP contribution is -2.38. The van der Waals surface area contributed by atoms with Gasteiger partial charge in [-0.2, -0.15) is 11.8 Å². The molecule has 1 aromatic rings. The lowest BCUT2D eigenvalue weighted by molar-refractivity contribution is 0.209. The molecule has 1 aromatic carbocycles. The Morgan fingerprint density at radius 3 is 2.80 bits per heavy atom. The van der Waals surface area contributed by atoms with E-state index in [2.05, 4.69) is 49.7 Å². The molecule has 0 aromatic heterocycles. The molecule has 0 saturated carbocycles. The van der Waals surface area contributed by atoms with Crippen LogP contribution in [0.15, 0.2) is 24.3 Å². The van der Waals surface area contributed by atoms with Crippen LogP contribution in [0.1, 0.15) is 56.7 Å². The number of rotatable bonds is 7. The van der Waals surface area contributed by atoms with E-state index in [1.54, 1.807) is 5.56 Å². The van der Waals surface area contributed by atoms with Crippen molar-refractivity contribution >= 4 is 11.8 Å².